The van der Waals surface area contributed by atoms with Gasteiger partial charge in [0.25, 0.3) is 5.91 Å². The van der Waals surface area contributed by atoms with Crippen molar-refractivity contribution in [2.75, 3.05) is 19.5 Å². The van der Waals surface area contributed by atoms with Gasteiger partial charge in [-0.25, -0.2) is 0 Å². The first-order valence-electron chi connectivity index (χ1n) is 7.96. The smallest absolute Gasteiger partial charge is 0.316 e. The highest BCUT2D eigenvalue weighted by atomic mass is 35.5. The van der Waals surface area contributed by atoms with Crippen molar-refractivity contribution in [2.24, 2.45) is 0 Å². The van der Waals surface area contributed by atoms with Crippen molar-refractivity contribution in [3.8, 4) is 5.75 Å². The van der Waals surface area contributed by atoms with Crippen molar-refractivity contribution in [1.29, 1.82) is 0 Å². The zero-order valence-electron chi connectivity index (χ0n) is 14.5. The summed E-state index contributed by atoms with van der Waals surface area (Å²) in [4.78, 5) is 24.6. The number of hydrogen-bond acceptors (Lipinski definition) is 5. The van der Waals surface area contributed by atoms with Crippen LogP contribution < -0.4 is 10.1 Å². The van der Waals surface area contributed by atoms with Gasteiger partial charge in [0.2, 0.25) is 0 Å². The third-order valence-electron chi connectivity index (χ3n) is 3.53. The molecule has 0 aliphatic heterocycles. The number of halogens is 1. The Bertz CT molecular complexity index is 751. The highest BCUT2D eigenvalue weighted by Crippen LogP contribution is 2.22. The molecule has 138 valence electrons. The number of carbonyl (C=O) groups excluding carboxylic acids is 2. The predicted molar refractivity (Wildman–Crippen MR) is 103 cm³/mol. The Morgan fingerprint density at radius 1 is 1.15 bits per heavy atom. The molecule has 0 fully saturated rings. The Labute approximate surface area is 162 Å². The standard InChI is InChI=1S/C19H20ClNO4S/c1-13(16-5-3-4-6-17(16)20)21-18(22)11-25-19(23)12-26-15-9-7-14(24-2)8-10-15/h3-10,13H,11-12H2,1-2H3,(H,21,22)/t13-/m1/s1. The predicted octanol–water partition coefficient (Wildman–Crippen LogP) is 3.86. The summed E-state index contributed by atoms with van der Waals surface area (Å²) in [5, 5.41) is 3.33. The Balaban J connectivity index is 1.72. The first-order valence-corrected chi connectivity index (χ1v) is 9.32. The van der Waals surface area contributed by atoms with E-state index in [1.165, 1.54) is 11.8 Å². The zero-order chi connectivity index (χ0) is 18.9. The molecule has 5 nitrogen and oxygen atoms in total. The molecule has 0 radical (unpaired) electrons. The summed E-state index contributed by atoms with van der Waals surface area (Å²) in [7, 11) is 1.59. The number of methoxy groups -OCH3 is 1. The molecule has 7 heteroatoms. The van der Waals surface area contributed by atoms with Crippen molar-refractivity contribution >= 4 is 35.2 Å². The van der Waals surface area contributed by atoms with E-state index in [9.17, 15) is 9.59 Å². The van der Waals surface area contributed by atoms with Gasteiger partial charge in [0, 0.05) is 9.92 Å². The van der Waals surface area contributed by atoms with Crippen LogP contribution in [0.25, 0.3) is 0 Å². The summed E-state index contributed by atoms with van der Waals surface area (Å²) in [6.45, 7) is 1.50. The maximum Gasteiger partial charge on any atom is 0.316 e. The summed E-state index contributed by atoms with van der Waals surface area (Å²) >= 11 is 7.43. The van der Waals surface area contributed by atoms with E-state index in [0.29, 0.717) is 5.02 Å². The second kappa shape index (κ2) is 10.1. The van der Waals surface area contributed by atoms with Crippen molar-refractivity contribution in [1.82, 2.24) is 5.32 Å². The highest BCUT2D eigenvalue weighted by molar-refractivity contribution is 8.00. The second-order valence-electron chi connectivity index (χ2n) is 5.44. The van der Waals surface area contributed by atoms with E-state index in [1.807, 2.05) is 49.4 Å². The number of amides is 1. The molecule has 2 rings (SSSR count). The van der Waals surface area contributed by atoms with E-state index >= 15 is 0 Å². The molecule has 0 saturated carbocycles. The maximum absolute atomic E-state index is 11.9. The van der Waals surface area contributed by atoms with Crippen molar-refractivity contribution in [3.05, 3.63) is 59.1 Å². The first-order chi connectivity index (χ1) is 12.5. The van der Waals surface area contributed by atoms with Gasteiger partial charge < -0.3 is 14.8 Å². The average Bonchev–Trinajstić information content (AvgIpc) is 2.65. The molecule has 0 aliphatic carbocycles. The minimum absolute atomic E-state index is 0.125. The maximum atomic E-state index is 11.9. The molecular weight excluding hydrogens is 374 g/mol. The lowest BCUT2D eigenvalue weighted by Crippen LogP contribution is -2.31. The number of benzene rings is 2. The SMILES string of the molecule is COc1ccc(SCC(=O)OCC(=O)N[C@H](C)c2ccccc2Cl)cc1. The number of esters is 1. The van der Waals surface area contributed by atoms with Crippen LogP contribution in [0.15, 0.2) is 53.4 Å². The molecule has 1 N–H and O–H groups in total. The van der Waals surface area contributed by atoms with Crippen LogP contribution in [-0.2, 0) is 14.3 Å². The van der Waals surface area contributed by atoms with E-state index in [2.05, 4.69) is 5.32 Å². The van der Waals surface area contributed by atoms with Crippen molar-refractivity contribution < 1.29 is 19.1 Å². The fourth-order valence-electron chi connectivity index (χ4n) is 2.19. The average molecular weight is 394 g/mol. The summed E-state index contributed by atoms with van der Waals surface area (Å²) < 4.78 is 10.1. The van der Waals surface area contributed by atoms with Crippen LogP contribution in [0.1, 0.15) is 18.5 Å². The van der Waals surface area contributed by atoms with Gasteiger partial charge in [-0.1, -0.05) is 29.8 Å². The van der Waals surface area contributed by atoms with Crippen LogP contribution in [-0.4, -0.2) is 31.3 Å². The summed E-state index contributed by atoms with van der Waals surface area (Å²) in [5.41, 5.74) is 0.809. The monoisotopic (exact) mass is 393 g/mol. The number of ether oxygens (including phenoxy) is 2. The highest BCUT2D eigenvalue weighted by Gasteiger charge is 2.14. The zero-order valence-corrected chi connectivity index (χ0v) is 16.1. The molecule has 26 heavy (non-hydrogen) atoms. The Hall–Kier alpha value is -2.18. The van der Waals surface area contributed by atoms with Gasteiger partial charge in [0.05, 0.1) is 18.9 Å². The van der Waals surface area contributed by atoms with Crippen molar-refractivity contribution in [2.45, 2.75) is 17.9 Å². The van der Waals surface area contributed by atoms with Crippen LogP contribution in [0.2, 0.25) is 5.02 Å². The molecule has 0 spiro atoms. The molecule has 0 unspecified atom stereocenters. The fraction of sp³-hybridized carbons (Fsp3) is 0.263. The lowest BCUT2D eigenvalue weighted by molar-refractivity contribution is -0.146. The minimum Gasteiger partial charge on any atom is -0.497 e. The molecule has 0 aliphatic rings. The normalized spacial score (nSPS) is 11.5. The first kappa shape index (κ1) is 20.1. The van der Waals surface area contributed by atoms with Gasteiger partial charge in [-0.3, -0.25) is 9.59 Å². The third kappa shape index (κ3) is 6.28. The Morgan fingerprint density at radius 3 is 2.50 bits per heavy atom. The molecule has 1 amide bonds. The van der Waals surface area contributed by atoms with Crippen LogP contribution in [0.5, 0.6) is 5.75 Å². The Kier molecular flexibility index (Phi) is 7.81. The Morgan fingerprint density at radius 2 is 1.85 bits per heavy atom. The third-order valence-corrected chi connectivity index (χ3v) is 4.86. The molecular formula is C19H20ClNO4S. The molecule has 2 aromatic carbocycles. The summed E-state index contributed by atoms with van der Waals surface area (Å²) in [6.07, 6.45) is 0. The summed E-state index contributed by atoms with van der Waals surface area (Å²) in [5.74, 6) is 0.0486. The van der Waals surface area contributed by atoms with Gasteiger partial charge >= 0.3 is 5.97 Å². The lowest BCUT2D eigenvalue weighted by Gasteiger charge is -2.15. The van der Waals surface area contributed by atoms with E-state index in [-0.39, 0.29) is 24.3 Å². The van der Waals surface area contributed by atoms with Gasteiger partial charge in [-0.15, -0.1) is 11.8 Å². The minimum atomic E-state index is -0.452. The number of hydrogen-bond donors (Lipinski definition) is 1. The van der Waals surface area contributed by atoms with E-state index < -0.39 is 5.97 Å². The molecule has 0 saturated heterocycles. The number of nitrogens with one attached hydrogen (secondary N) is 1. The van der Waals surface area contributed by atoms with Gasteiger partial charge in [-0.05, 0) is 42.8 Å². The van der Waals surface area contributed by atoms with Crippen LogP contribution >= 0.6 is 23.4 Å². The van der Waals surface area contributed by atoms with Crippen LogP contribution in [0.4, 0.5) is 0 Å². The van der Waals surface area contributed by atoms with Crippen molar-refractivity contribution in [3.63, 3.8) is 0 Å². The van der Waals surface area contributed by atoms with E-state index in [4.69, 9.17) is 21.1 Å². The van der Waals surface area contributed by atoms with E-state index in [1.54, 1.807) is 13.2 Å². The second-order valence-corrected chi connectivity index (χ2v) is 6.89. The quantitative estimate of drug-likeness (QED) is 0.545. The molecule has 2 aromatic rings. The van der Waals surface area contributed by atoms with E-state index in [0.717, 1.165) is 16.2 Å². The molecule has 1 atom stereocenters. The molecule has 0 aromatic heterocycles. The fourth-order valence-corrected chi connectivity index (χ4v) is 3.18. The largest absolute Gasteiger partial charge is 0.497 e. The van der Waals surface area contributed by atoms with Gasteiger partial charge in [0.15, 0.2) is 6.61 Å². The molecule has 0 heterocycles. The lowest BCUT2D eigenvalue weighted by atomic mass is 10.1. The number of carbonyl (C=O) groups is 2. The number of thioether (sulfide) groups is 1. The van der Waals surface area contributed by atoms with Crippen LogP contribution in [0.3, 0.4) is 0 Å². The van der Waals surface area contributed by atoms with Gasteiger partial charge in [0.1, 0.15) is 5.75 Å². The van der Waals surface area contributed by atoms with Gasteiger partial charge in [-0.2, -0.15) is 0 Å². The topological polar surface area (TPSA) is 64.6 Å². The molecule has 0 bridgehead atoms. The number of rotatable bonds is 8. The summed E-state index contributed by atoms with van der Waals surface area (Å²) in [6, 6.07) is 14.3. The van der Waals surface area contributed by atoms with Crippen LogP contribution in [0, 0.1) is 0 Å².